The maximum atomic E-state index is 13.9. The van der Waals surface area contributed by atoms with Gasteiger partial charge < -0.3 is 105 Å². The van der Waals surface area contributed by atoms with Crippen molar-refractivity contribution in [3.8, 4) is 5.75 Å². The minimum Gasteiger partial charge on any atom is -0.726 e. The minimum atomic E-state index is -5.41. The number of rotatable bonds is 28. The fourth-order valence-electron chi connectivity index (χ4n) is 10.1. The Kier molecular flexibility index (Phi) is 25.7. The van der Waals surface area contributed by atoms with Crippen molar-refractivity contribution in [2.24, 2.45) is 5.92 Å². The third kappa shape index (κ3) is 18.1. The highest BCUT2D eigenvalue weighted by Gasteiger charge is 2.56. The van der Waals surface area contributed by atoms with E-state index in [1.165, 1.54) is 44.2 Å². The SMILES string of the molecule is CCCCCCCCCCCOc1cccc(C(=O)N[C@@H]2C(O[C@H]3C(O)C(NC(C)=O)C(OC4C(CO)O[C@@H](O[C@H]5C(O)C(NC(C)=O)C(O)O[C@H]5COS(=O)(=O)[O-])[C@@H](NC(C)=O)[C@H]4O)O[C@H]3CO)CC(CO)[C@@H](O)[C@@H]2O)c1. The van der Waals surface area contributed by atoms with Crippen LogP contribution in [0.3, 0.4) is 0 Å². The van der Waals surface area contributed by atoms with Crippen molar-refractivity contribution in [2.45, 2.75) is 208 Å². The van der Waals surface area contributed by atoms with Gasteiger partial charge in [0.1, 0.15) is 84.9 Å². The summed E-state index contributed by atoms with van der Waals surface area (Å²) < 4.78 is 80.3. The summed E-state index contributed by atoms with van der Waals surface area (Å²) in [7, 11) is -5.41. The smallest absolute Gasteiger partial charge is 0.251 e. The Morgan fingerprint density at radius 3 is 1.63 bits per heavy atom. The molecule has 3 saturated heterocycles. The van der Waals surface area contributed by atoms with Gasteiger partial charge in [-0.1, -0.05) is 64.4 Å². The Morgan fingerprint density at radius 2 is 1.12 bits per heavy atom. The largest absolute Gasteiger partial charge is 0.726 e. The molecule has 10 unspecified atom stereocenters. The molecule has 5 rings (SSSR count). The van der Waals surface area contributed by atoms with Crippen LogP contribution in [-0.4, -0.2) is 232 Å². The number of nitrogens with one attached hydrogen (secondary N) is 4. The van der Waals surface area contributed by atoms with E-state index in [9.17, 15) is 78.1 Å². The molecule has 0 radical (unpaired) electrons. The van der Waals surface area contributed by atoms with Crippen LogP contribution in [0, 0.1) is 5.92 Å². The molecular weight excluding hydrogens is 1060 g/mol. The van der Waals surface area contributed by atoms with Crippen LogP contribution in [0.25, 0.3) is 0 Å². The highest BCUT2D eigenvalue weighted by molar-refractivity contribution is 7.80. The van der Waals surface area contributed by atoms with E-state index in [-0.39, 0.29) is 12.0 Å². The van der Waals surface area contributed by atoms with Crippen LogP contribution >= 0.6 is 0 Å². The fourth-order valence-corrected chi connectivity index (χ4v) is 10.4. The average molecular weight is 1140 g/mol. The zero-order valence-corrected chi connectivity index (χ0v) is 44.8. The summed E-state index contributed by atoms with van der Waals surface area (Å²) in [5.74, 6) is -3.70. The van der Waals surface area contributed by atoms with Gasteiger partial charge in [0.25, 0.3) is 5.91 Å². The zero-order valence-electron chi connectivity index (χ0n) is 44.0. The molecule has 1 aromatic carbocycles. The van der Waals surface area contributed by atoms with E-state index in [1.54, 1.807) is 12.1 Å². The van der Waals surface area contributed by atoms with Gasteiger partial charge in [-0.25, -0.2) is 8.42 Å². The molecule has 0 aromatic heterocycles. The van der Waals surface area contributed by atoms with Crippen LogP contribution in [0.1, 0.15) is 102 Å². The first-order valence-corrected chi connectivity index (χ1v) is 27.6. The predicted octanol–water partition coefficient (Wildman–Crippen LogP) is -3.82. The number of hydrogen-bond acceptors (Lipinski definition) is 24. The van der Waals surface area contributed by atoms with Gasteiger partial charge >= 0.3 is 0 Å². The lowest BCUT2D eigenvalue weighted by molar-refractivity contribution is -0.354. The maximum absolute atomic E-state index is 13.9. The van der Waals surface area contributed by atoms with E-state index in [2.05, 4.69) is 32.4 Å². The first-order valence-electron chi connectivity index (χ1n) is 26.3. The van der Waals surface area contributed by atoms with Crippen LogP contribution in [0.5, 0.6) is 5.75 Å². The van der Waals surface area contributed by atoms with E-state index >= 15 is 0 Å². The van der Waals surface area contributed by atoms with Crippen molar-refractivity contribution in [2.75, 3.05) is 33.0 Å². The molecule has 4 aliphatic rings. The molecule has 78 heavy (non-hydrogen) atoms. The summed E-state index contributed by atoms with van der Waals surface area (Å²) in [6, 6.07) is -0.197. The summed E-state index contributed by atoms with van der Waals surface area (Å²) in [6.07, 6.45) is -17.0. The molecule has 29 heteroatoms. The second-order valence-electron chi connectivity index (χ2n) is 20.1. The summed E-state index contributed by atoms with van der Waals surface area (Å²) in [4.78, 5) is 51.2. The zero-order chi connectivity index (χ0) is 57.4. The van der Waals surface area contributed by atoms with Crippen molar-refractivity contribution in [1.82, 2.24) is 21.3 Å². The van der Waals surface area contributed by atoms with E-state index in [0.29, 0.717) is 12.4 Å². The predicted molar refractivity (Wildman–Crippen MR) is 265 cm³/mol. The van der Waals surface area contributed by atoms with Gasteiger partial charge in [-0.3, -0.25) is 23.4 Å². The number of hydrogen-bond donors (Lipinski definition) is 13. The molecule has 1 aromatic rings. The molecule has 20 atom stereocenters. The van der Waals surface area contributed by atoms with Crippen LogP contribution in [0.4, 0.5) is 0 Å². The minimum absolute atomic E-state index is 0.126. The highest BCUT2D eigenvalue weighted by atomic mass is 32.3. The molecule has 4 amide bonds. The molecule has 0 spiro atoms. The molecule has 1 aliphatic carbocycles. The van der Waals surface area contributed by atoms with Crippen molar-refractivity contribution in [1.29, 1.82) is 0 Å². The van der Waals surface area contributed by atoms with Crippen LogP contribution in [0.2, 0.25) is 0 Å². The Labute approximate surface area is 452 Å². The summed E-state index contributed by atoms with van der Waals surface area (Å²) in [5.41, 5.74) is 0.126. The molecular formula is C49H79N4O24S-. The van der Waals surface area contributed by atoms with Crippen LogP contribution in [-0.2, 0) is 57.4 Å². The van der Waals surface area contributed by atoms with Gasteiger partial charge in [0.05, 0.1) is 44.7 Å². The quantitative estimate of drug-likeness (QED) is 0.0217. The second-order valence-corrected chi connectivity index (χ2v) is 21.1. The number of ether oxygens (including phenoxy) is 7. The monoisotopic (exact) mass is 1140 g/mol. The van der Waals surface area contributed by atoms with Crippen molar-refractivity contribution >= 4 is 34.0 Å². The number of carbonyl (C=O) groups excluding carboxylic acids is 4. The molecule has 3 heterocycles. The van der Waals surface area contributed by atoms with Gasteiger partial charge in [0.15, 0.2) is 18.9 Å². The summed E-state index contributed by atoms with van der Waals surface area (Å²) in [5, 5.41) is 110. The highest BCUT2D eigenvalue weighted by Crippen LogP contribution is 2.36. The molecule has 28 nitrogen and oxygen atoms in total. The topological polar surface area (TPSA) is 430 Å². The van der Waals surface area contributed by atoms with Crippen molar-refractivity contribution in [3.63, 3.8) is 0 Å². The fraction of sp³-hybridized carbons (Fsp3) is 0.796. The number of aliphatic hydroxyl groups excluding tert-OH is 9. The maximum Gasteiger partial charge on any atom is 0.251 e. The van der Waals surface area contributed by atoms with Crippen LogP contribution in [0.15, 0.2) is 24.3 Å². The van der Waals surface area contributed by atoms with Gasteiger partial charge in [0, 0.05) is 38.9 Å². The lowest BCUT2D eigenvalue weighted by atomic mass is 9.79. The number of amides is 4. The number of unbranched alkanes of at least 4 members (excludes halogenated alkanes) is 8. The van der Waals surface area contributed by atoms with Gasteiger partial charge in [-0.2, -0.15) is 0 Å². The Bertz CT molecular complexity index is 2170. The van der Waals surface area contributed by atoms with Crippen molar-refractivity contribution < 1.29 is 115 Å². The Balaban J connectivity index is 1.34. The number of carbonyl (C=O) groups is 4. The molecule has 446 valence electrons. The number of benzene rings is 1. The van der Waals surface area contributed by atoms with E-state index in [1.807, 2.05) is 0 Å². The third-order valence-electron chi connectivity index (χ3n) is 14.1. The third-order valence-corrected chi connectivity index (χ3v) is 14.5. The first-order chi connectivity index (χ1) is 37.0. The van der Waals surface area contributed by atoms with Crippen LogP contribution < -0.4 is 26.0 Å². The Hall–Kier alpha value is -3.83. The normalized spacial score (nSPS) is 35.3. The van der Waals surface area contributed by atoms with Crippen molar-refractivity contribution in [3.05, 3.63) is 29.8 Å². The lowest BCUT2D eigenvalue weighted by Gasteiger charge is -2.51. The van der Waals surface area contributed by atoms with E-state index in [0.717, 1.165) is 46.5 Å². The molecule has 1 saturated carbocycles. The molecule has 4 fully saturated rings. The second kappa shape index (κ2) is 30.8. The van der Waals surface area contributed by atoms with Gasteiger partial charge in [0.2, 0.25) is 28.1 Å². The molecule has 3 aliphatic heterocycles. The summed E-state index contributed by atoms with van der Waals surface area (Å²) in [6.45, 7) is 1.95. The molecule has 13 N–H and O–H groups in total. The number of aliphatic hydroxyl groups is 9. The Morgan fingerprint density at radius 1 is 0.615 bits per heavy atom. The summed E-state index contributed by atoms with van der Waals surface area (Å²) >= 11 is 0. The molecule has 0 bridgehead atoms. The van der Waals surface area contributed by atoms with E-state index < -0.39 is 183 Å². The standard InChI is InChI=1S/C49H80N4O24S/c1-5-6-7-8-9-10-11-12-13-17-70-29-16-14-15-27(18-29)46(65)53-34-30(19-28(20-54)38(60)39(34)61)72-43-31(21-55)74-48(36(41(43)63)51-25(3)58)76-44-32(22-56)75-49(37(42(44)64)52-26(4)59)77-45-33(23-71-78(67,68)69)73-47(66)35(40(45)62)50-24(2)57/h14-16,18,28,30-45,47-49,54-56,60-64,66H,5-13,17,19-23H2,1-4H3,(H,50,57)(H,51,58)(H,52,59)(H,53,65)(H,67,68,69)/p-1/t28?,30?,31-,32?,33-,34+,35?,36?,37-,38+,39+,40?,41?,42+,43+,44?,45+,47?,48?,49-/m0/s1. The average Bonchev–Trinajstić information content (AvgIpc) is 3.47. The first kappa shape index (κ1) is 65.0. The van der Waals surface area contributed by atoms with E-state index in [4.69, 9.17) is 33.2 Å². The van der Waals surface area contributed by atoms with Gasteiger partial charge in [-0.15, -0.1) is 0 Å². The lowest BCUT2D eigenvalue weighted by Crippen LogP contribution is -2.71. The van der Waals surface area contributed by atoms with Gasteiger partial charge in [-0.05, 0) is 31.0 Å².